The van der Waals surface area contributed by atoms with Crippen molar-refractivity contribution in [2.24, 2.45) is 23.7 Å². The van der Waals surface area contributed by atoms with Gasteiger partial charge in [0.05, 0.1) is 64.6 Å². The van der Waals surface area contributed by atoms with E-state index in [1.54, 1.807) is 56.7 Å². The fraction of sp³-hybridized carbons (Fsp3) is 0.641. The number of amides is 4. The summed E-state index contributed by atoms with van der Waals surface area (Å²) in [5.41, 5.74) is 5.71. The van der Waals surface area contributed by atoms with Crippen LogP contribution < -0.4 is 0 Å². The average Bonchev–Trinajstić information content (AvgIpc) is 1.55. The smallest absolute Gasteiger partial charge is 0.261 e. The van der Waals surface area contributed by atoms with E-state index >= 15 is 28.0 Å². The number of rotatable bonds is 81. The van der Waals surface area contributed by atoms with Crippen LogP contribution in [0.15, 0.2) is 119 Å². The van der Waals surface area contributed by atoms with Crippen LogP contribution in [0.2, 0.25) is 0 Å². The summed E-state index contributed by atoms with van der Waals surface area (Å²) < 4.78 is 35.1. The van der Waals surface area contributed by atoms with Crippen LogP contribution in [0.25, 0.3) is 72.9 Å². The third-order valence-corrected chi connectivity index (χ3v) is 39.7. The van der Waals surface area contributed by atoms with E-state index in [1.165, 1.54) is 353 Å². The van der Waals surface area contributed by atoms with Gasteiger partial charge in [0.25, 0.3) is 23.6 Å². The molecule has 145 heavy (non-hydrogen) atoms. The highest BCUT2D eigenvalue weighted by atomic mass is 32.1. The quantitative estimate of drug-likeness (QED) is 0.0356. The summed E-state index contributed by atoms with van der Waals surface area (Å²) in [7, 11) is 0. The third-order valence-electron chi connectivity index (χ3n) is 31.6. The van der Waals surface area contributed by atoms with E-state index in [0.29, 0.717) is 64.1 Å². The molecule has 4 atom stereocenters. The molecule has 0 aliphatic carbocycles. The van der Waals surface area contributed by atoms with Gasteiger partial charge in [-0.15, -0.1) is 79.4 Å². The molecule has 0 saturated carbocycles. The van der Waals surface area contributed by atoms with Gasteiger partial charge in [-0.1, -0.05) is 415 Å². The lowest BCUT2D eigenvalue weighted by Crippen LogP contribution is -2.34. The van der Waals surface area contributed by atoms with E-state index in [9.17, 15) is 0 Å². The molecule has 0 bridgehead atoms. The summed E-state index contributed by atoms with van der Waals surface area (Å²) in [4.78, 5) is 87.5. The molecule has 0 radical (unpaired) electrons. The molecule has 11 heterocycles. The van der Waals surface area contributed by atoms with Gasteiger partial charge in [-0.05, 0) is 186 Å². The Bertz CT molecular complexity index is 5300. The third kappa shape index (κ3) is 35.2. The number of hydrogen-bond donors (Lipinski definition) is 0. The van der Waals surface area contributed by atoms with E-state index in [1.807, 2.05) is 24.3 Å². The molecular weight excluding hydrogens is 1920 g/mol. The number of nitrogens with zero attached hydrogens (tertiary/aromatic N) is 4. The van der Waals surface area contributed by atoms with E-state index in [2.05, 4.69) is 150 Å². The fourth-order valence-corrected chi connectivity index (χ4v) is 30.4. The average molecular weight is 2110 g/mol. The first-order valence-electron chi connectivity index (χ1n) is 59.4. The summed E-state index contributed by atoms with van der Waals surface area (Å²) in [5.74, 6) is -0.109. The number of carbonyl (C=O) groups is 4. The summed E-state index contributed by atoms with van der Waals surface area (Å²) >= 11 is 11.3. The number of halogens is 2. The Morgan fingerprint density at radius 2 is 0.352 bits per heavy atom. The Kier molecular flexibility index (Phi) is 52.9. The first-order valence-corrected chi connectivity index (χ1v) is 65.2. The lowest BCUT2D eigenvalue weighted by atomic mass is 9.93. The maximum absolute atomic E-state index is 17.6. The molecule has 1 aromatic carbocycles. The van der Waals surface area contributed by atoms with Crippen LogP contribution in [-0.4, -0.2) is 69.4 Å². The second kappa shape index (κ2) is 65.3. The minimum atomic E-state index is -0.510. The molecule has 8 aromatic rings. The normalized spacial score (nSPS) is 14.9. The monoisotopic (exact) mass is 2110 g/mol. The molecule has 0 spiro atoms. The number of carbonyl (C=O) groups excluding carboxylic acids is 4. The van der Waals surface area contributed by atoms with Crippen molar-refractivity contribution >= 4 is 126 Å². The van der Waals surface area contributed by atoms with Gasteiger partial charge in [-0.3, -0.25) is 19.2 Å². The zero-order valence-corrected chi connectivity index (χ0v) is 97.4. The molecule has 0 fully saturated rings. The number of benzene rings is 1. The Morgan fingerprint density at radius 3 is 0.545 bits per heavy atom. The number of fused-ring (bicyclic) bond motifs is 2. The van der Waals surface area contributed by atoms with Gasteiger partial charge in [0.15, 0.2) is 0 Å². The van der Waals surface area contributed by atoms with Gasteiger partial charge in [0, 0.05) is 86.1 Å². The molecule has 4 amide bonds. The highest BCUT2D eigenvalue weighted by Gasteiger charge is 2.53. The van der Waals surface area contributed by atoms with Crippen molar-refractivity contribution in [1.82, 2.24) is 19.6 Å². The van der Waals surface area contributed by atoms with Crippen molar-refractivity contribution in [2.75, 3.05) is 26.2 Å². The largest absolute Gasteiger partial charge is 0.306 e. The summed E-state index contributed by atoms with van der Waals surface area (Å²) in [6.07, 6.45) is 77.5. The van der Waals surface area contributed by atoms with Gasteiger partial charge in [-0.2, -0.15) is 0 Å². The maximum atomic E-state index is 17.6. The van der Waals surface area contributed by atoms with Gasteiger partial charge in [0.1, 0.15) is 11.6 Å². The second-order valence-corrected chi connectivity index (χ2v) is 51.7. The molecule has 0 saturated heterocycles. The summed E-state index contributed by atoms with van der Waals surface area (Å²) in [6, 6.07) is 32.3. The highest BCUT2D eigenvalue weighted by Crippen LogP contribution is 2.55. The lowest BCUT2D eigenvalue weighted by Gasteiger charge is -2.29. The predicted octanol–water partition coefficient (Wildman–Crippen LogP) is 42.6. The van der Waals surface area contributed by atoms with Crippen LogP contribution in [0.4, 0.5) is 8.78 Å². The molecule has 8 nitrogen and oxygen atoms in total. The van der Waals surface area contributed by atoms with Crippen molar-refractivity contribution in [1.29, 1.82) is 0 Å². The fourth-order valence-electron chi connectivity index (χ4n) is 23.1. The van der Waals surface area contributed by atoms with Gasteiger partial charge >= 0.3 is 0 Å². The van der Waals surface area contributed by atoms with Crippen molar-refractivity contribution in [3.05, 3.63) is 160 Å². The van der Waals surface area contributed by atoms with E-state index in [-0.39, 0.29) is 52.5 Å². The van der Waals surface area contributed by atoms with E-state index in [0.717, 1.165) is 174 Å². The molecule has 12 rings (SSSR count). The van der Waals surface area contributed by atoms with Crippen LogP contribution in [0.1, 0.15) is 496 Å². The Labute approximate surface area is 906 Å². The topological polar surface area (TPSA) is 81.2 Å². The first-order chi connectivity index (χ1) is 71.0. The Morgan fingerprint density at radius 1 is 0.200 bits per heavy atom. The summed E-state index contributed by atoms with van der Waals surface area (Å²) in [6.45, 7) is 24.9. The van der Waals surface area contributed by atoms with E-state index < -0.39 is 11.6 Å². The molecule has 798 valence electrons. The van der Waals surface area contributed by atoms with Crippen LogP contribution in [0.5, 0.6) is 0 Å². The number of hydrogen-bond acceptors (Lipinski definition) is 11. The van der Waals surface area contributed by atoms with Gasteiger partial charge in [0.2, 0.25) is 0 Å². The second-order valence-electron chi connectivity index (χ2n) is 43.8. The van der Waals surface area contributed by atoms with E-state index in [4.69, 9.17) is 0 Å². The molecule has 4 aliphatic heterocycles. The van der Waals surface area contributed by atoms with Crippen molar-refractivity contribution in [3.63, 3.8) is 0 Å². The highest BCUT2D eigenvalue weighted by molar-refractivity contribution is 7.25. The predicted molar refractivity (Wildman–Crippen MR) is 630 cm³/mol. The zero-order chi connectivity index (χ0) is 102. The Balaban J connectivity index is 0.866. The molecule has 7 aromatic heterocycles. The van der Waals surface area contributed by atoms with Crippen LogP contribution >= 0.6 is 79.4 Å². The van der Waals surface area contributed by atoms with Gasteiger partial charge in [-0.25, -0.2) is 8.78 Å². The van der Waals surface area contributed by atoms with Crippen LogP contribution in [0, 0.1) is 49.2 Å². The standard InChI is InChI=1S/C128H186F2N4O4S7/c1-11-19-27-35-43-47-55-63-71-97(67-59-51-39-31-23-15-5)91-131-121(113-78-76-96(10)140-113)117-118(126(131)136)123(132(125(117)135)92-98(68-60-52-40-32-24-16-6)72-64-56-48-44-36-28-20-12-2)115-87-84-111(144-115)109-81-79-105(141-109)101-89-104(130)102(90-103(101)129)106-80-82-110(142-106)112-85-88-116(145-112)124-120-119(127(137)134(124)94-100(70-62-54-42-34-26-18-8)74-66-58-50-46-38-30-22-14-4)122(114-86-83-108(143-114)107-77-75-95(9)139-107)133(128(120)138)93-99(69-61-53-41-33-25-17-7)73-65-57-49-45-37-29-21-13-3/h75-90,97-100H,11-74,91-94H2,1-10H3. The van der Waals surface area contributed by atoms with Crippen LogP contribution in [0.3, 0.4) is 0 Å². The molecule has 4 aliphatic rings. The van der Waals surface area contributed by atoms with Crippen molar-refractivity contribution < 1.29 is 28.0 Å². The van der Waals surface area contributed by atoms with Gasteiger partial charge < -0.3 is 19.6 Å². The molecule has 0 N–H and O–H groups in total. The molecule has 17 heteroatoms. The lowest BCUT2D eigenvalue weighted by molar-refractivity contribution is -0.124. The number of thiophene rings is 7. The Hall–Kier alpha value is -6.18. The molecular formula is C128H186F2N4O4S7. The minimum absolute atomic E-state index is 0.0476. The number of aryl methyl sites for hydroxylation is 2. The van der Waals surface area contributed by atoms with Crippen LogP contribution in [-0.2, 0) is 19.2 Å². The first kappa shape index (κ1) is 117. The maximum Gasteiger partial charge on any atom is 0.261 e. The SMILES string of the molecule is CCCCCCCCCCC(CCCCCCCC)CN1C(=O)C2=C(c3ccc(-c4ccc(-c5cc(F)c(-c6ccc(-c7ccc(C8=C9C(=O)N(CC(CCCCCCCC)CCCCCCCCCC)C(c%10ccc(-c%11ccc(C)s%11)s%10)=C9C(=O)N8CC(CCCCCCCC)CCCCCCCCCC)s7)s6)cc5F)s4)s3)N(CC(CCCCCCCC)CCCCCCCCCC)C(=O)C2=C1c1ccc(C)s1. The van der Waals surface area contributed by atoms with Crippen molar-refractivity contribution in [2.45, 2.75) is 480 Å². The molecule has 4 unspecified atom stereocenters. The van der Waals surface area contributed by atoms with Crippen molar-refractivity contribution in [3.8, 4) is 50.1 Å². The summed E-state index contributed by atoms with van der Waals surface area (Å²) in [5, 5.41) is 0. The zero-order valence-electron chi connectivity index (χ0n) is 91.7. The number of unbranched alkanes of at least 4 members (excludes halogenated alkanes) is 48. The minimum Gasteiger partial charge on any atom is -0.306 e.